The lowest BCUT2D eigenvalue weighted by Gasteiger charge is -2.35. The van der Waals surface area contributed by atoms with Crippen LogP contribution in [0.4, 0.5) is 4.39 Å². The molecular formula is C14H16FNO2. The molecule has 1 aromatic rings. The Morgan fingerprint density at radius 2 is 2.33 bits per heavy atom. The first kappa shape index (κ1) is 13.0. The summed E-state index contributed by atoms with van der Waals surface area (Å²) in [6, 6.07) is 6.62. The first-order valence-electron chi connectivity index (χ1n) is 6.02. The maximum absolute atomic E-state index is 13.2. The molecule has 2 unspecified atom stereocenters. The molecule has 0 aromatic heterocycles. The number of hydrogen-bond donors (Lipinski definition) is 1. The average Bonchev–Trinajstić information content (AvgIpc) is 2.42. The maximum atomic E-state index is 13.2. The number of aliphatic hydroxyl groups is 1. The van der Waals surface area contributed by atoms with E-state index in [0.29, 0.717) is 24.2 Å². The van der Waals surface area contributed by atoms with Gasteiger partial charge in [0.1, 0.15) is 11.2 Å². The molecule has 1 aliphatic heterocycles. The van der Waals surface area contributed by atoms with Gasteiger partial charge in [0.25, 0.3) is 0 Å². The van der Waals surface area contributed by atoms with Crippen molar-refractivity contribution >= 4 is 0 Å². The summed E-state index contributed by atoms with van der Waals surface area (Å²) in [6.07, 6.45) is 0.411. The number of benzene rings is 1. The second-order valence-corrected chi connectivity index (χ2v) is 4.84. The SMILES string of the molecule is Cc1cc(C(O)C2(C#N)CCCOC2)ccc1F. The van der Waals surface area contributed by atoms with Crippen LogP contribution in [0.2, 0.25) is 0 Å². The van der Waals surface area contributed by atoms with E-state index in [0.717, 1.165) is 6.42 Å². The normalized spacial score (nSPS) is 25.4. The fraction of sp³-hybridized carbons (Fsp3) is 0.500. The molecule has 18 heavy (non-hydrogen) atoms. The smallest absolute Gasteiger partial charge is 0.126 e. The molecule has 2 atom stereocenters. The lowest BCUT2D eigenvalue weighted by atomic mass is 9.76. The highest BCUT2D eigenvalue weighted by atomic mass is 19.1. The van der Waals surface area contributed by atoms with Crippen LogP contribution in [0.1, 0.15) is 30.1 Å². The van der Waals surface area contributed by atoms with Crippen LogP contribution in [0, 0.1) is 29.5 Å². The minimum atomic E-state index is -0.943. The van der Waals surface area contributed by atoms with Crippen molar-refractivity contribution in [3.05, 3.63) is 35.1 Å². The molecule has 0 spiro atoms. The molecule has 1 heterocycles. The summed E-state index contributed by atoms with van der Waals surface area (Å²) in [5, 5.41) is 19.7. The van der Waals surface area contributed by atoms with Gasteiger partial charge in [-0.25, -0.2) is 4.39 Å². The van der Waals surface area contributed by atoms with Crippen LogP contribution in [0.25, 0.3) is 0 Å². The largest absolute Gasteiger partial charge is 0.387 e. The van der Waals surface area contributed by atoms with Crippen molar-refractivity contribution < 1.29 is 14.2 Å². The van der Waals surface area contributed by atoms with Crippen LogP contribution in [-0.4, -0.2) is 18.3 Å². The zero-order valence-corrected chi connectivity index (χ0v) is 10.3. The Bertz CT molecular complexity index is 475. The predicted molar refractivity (Wildman–Crippen MR) is 64.2 cm³/mol. The molecule has 2 rings (SSSR count). The number of nitriles is 1. The summed E-state index contributed by atoms with van der Waals surface area (Å²) in [5.74, 6) is -0.308. The van der Waals surface area contributed by atoms with Crippen molar-refractivity contribution in [1.29, 1.82) is 5.26 Å². The van der Waals surface area contributed by atoms with Crippen molar-refractivity contribution in [2.45, 2.75) is 25.9 Å². The molecule has 1 aromatic carbocycles. The van der Waals surface area contributed by atoms with E-state index in [9.17, 15) is 14.8 Å². The van der Waals surface area contributed by atoms with Crippen molar-refractivity contribution in [1.82, 2.24) is 0 Å². The molecule has 96 valence electrons. The highest BCUT2D eigenvalue weighted by Crippen LogP contribution is 2.40. The summed E-state index contributed by atoms with van der Waals surface area (Å²) < 4.78 is 18.5. The summed E-state index contributed by atoms with van der Waals surface area (Å²) in [6.45, 7) is 2.49. The third kappa shape index (κ3) is 2.24. The van der Waals surface area contributed by atoms with E-state index in [1.807, 2.05) is 0 Å². The number of ether oxygens (including phenoxy) is 1. The zero-order chi connectivity index (χ0) is 13.2. The van der Waals surface area contributed by atoms with Crippen molar-refractivity contribution in [2.75, 3.05) is 13.2 Å². The van der Waals surface area contributed by atoms with E-state index in [-0.39, 0.29) is 12.4 Å². The van der Waals surface area contributed by atoms with Gasteiger partial charge in [0.15, 0.2) is 0 Å². The van der Waals surface area contributed by atoms with Gasteiger partial charge < -0.3 is 9.84 Å². The second-order valence-electron chi connectivity index (χ2n) is 4.84. The van der Waals surface area contributed by atoms with E-state index in [2.05, 4.69) is 6.07 Å². The fourth-order valence-electron chi connectivity index (χ4n) is 2.34. The summed E-state index contributed by atoms with van der Waals surface area (Å²) in [4.78, 5) is 0. The van der Waals surface area contributed by atoms with E-state index >= 15 is 0 Å². The monoisotopic (exact) mass is 249 g/mol. The summed E-state index contributed by atoms with van der Waals surface area (Å²) in [5.41, 5.74) is 0.125. The molecule has 1 fully saturated rings. The van der Waals surface area contributed by atoms with Crippen LogP contribution in [0.3, 0.4) is 0 Å². The Morgan fingerprint density at radius 3 is 2.89 bits per heavy atom. The van der Waals surface area contributed by atoms with E-state index in [4.69, 9.17) is 4.74 Å². The molecule has 0 amide bonds. The van der Waals surface area contributed by atoms with Crippen molar-refractivity contribution in [2.24, 2.45) is 5.41 Å². The second kappa shape index (κ2) is 5.05. The van der Waals surface area contributed by atoms with Gasteiger partial charge >= 0.3 is 0 Å². The first-order chi connectivity index (χ1) is 8.59. The molecule has 4 heteroatoms. The van der Waals surface area contributed by atoms with Gasteiger partial charge in [-0.1, -0.05) is 12.1 Å². The molecule has 1 N–H and O–H groups in total. The highest BCUT2D eigenvalue weighted by Gasteiger charge is 2.41. The van der Waals surface area contributed by atoms with E-state index < -0.39 is 11.5 Å². The Morgan fingerprint density at radius 1 is 1.56 bits per heavy atom. The van der Waals surface area contributed by atoms with Gasteiger partial charge in [0, 0.05) is 6.61 Å². The number of nitrogens with zero attached hydrogens (tertiary/aromatic N) is 1. The van der Waals surface area contributed by atoms with Crippen LogP contribution >= 0.6 is 0 Å². The molecule has 1 saturated heterocycles. The lowest BCUT2D eigenvalue weighted by molar-refractivity contribution is -0.0506. The molecule has 0 bridgehead atoms. The fourth-order valence-corrected chi connectivity index (χ4v) is 2.34. The predicted octanol–water partition coefficient (Wildman–Crippen LogP) is 2.49. The number of hydrogen-bond acceptors (Lipinski definition) is 3. The van der Waals surface area contributed by atoms with Gasteiger partial charge in [-0.15, -0.1) is 0 Å². The first-order valence-corrected chi connectivity index (χ1v) is 6.02. The Hall–Kier alpha value is -1.44. The third-order valence-electron chi connectivity index (χ3n) is 3.52. The number of aliphatic hydroxyl groups excluding tert-OH is 1. The van der Waals surface area contributed by atoms with Crippen LogP contribution in [0.15, 0.2) is 18.2 Å². The Kier molecular flexibility index (Phi) is 3.65. The molecule has 1 aliphatic rings. The minimum Gasteiger partial charge on any atom is -0.387 e. The number of halogens is 1. The maximum Gasteiger partial charge on any atom is 0.126 e. The number of aryl methyl sites for hydroxylation is 1. The Balaban J connectivity index is 2.31. The molecular weight excluding hydrogens is 233 g/mol. The van der Waals surface area contributed by atoms with E-state index in [1.54, 1.807) is 13.0 Å². The molecule has 0 saturated carbocycles. The van der Waals surface area contributed by atoms with Gasteiger partial charge in [-0.05, 0) is 37.0 Å². The van der Waals surface area contributed by atoms with Gasteiger partial charge in [0.05, 0.1) is 18.8 Å². The zero-order valence-electron chi connectivity index (χ0n) is 10.3. The van der Waals surface area contributed by atoms with Crippen molar-refractivity contribution in [3.8, 4) is 6.07 Å². The molecule has 3 nitrogen and oxygen atoms in total. The third-order valence-corrected chi connectivity index (χ3v) is 3.52. The van der Waals surface area contributed by atoms with Crippen molar-refractivity contribution in [3.63, 3.8) is 0 Å². The molecule has 0 radical (unpaired) electrons. The van der Waals surface area contributed by atoms with Crippen LogP contribution in [-0.2, 0) is 4.74 Å². The highest BCUT2D eigenvalue weighted by molar-refractivity contribution is 5.28. The van der Waals surface area contributed by atoms with Crippen LogP contribution in [0.5, 0.6) is 0 Å². The quantitative estimate of drug-likeness (QED) is 0.876. The van der Waals surface area contributed by atoms with Gasteiger partial charge in [0.2, 0.25) is 0 Å². The average molecular weight is 249 g/mol. The summed E-state index contributed by atoms with van der Waals surface area (Å²) in [7, 11) is 0. The lowest BCUT2D eigenvalue weighted by Crippen LogP contribution is -2.36. The number of rotatable bonds is 2. The van der Waals surface area contributed by atoms with E-state index in [1.165, 1.54) is 12.1 Å². The minimum absolute atomic E-state index is 0.223. The van der Waals surface area contributed by atoms with Crippen LogP contribution < -0.4 is 0 Å². The molecule has 0 aliphatic carbocycles. The topological polar surface area (TPSA) is 53.2 Å². The standard InChI is InChI=1S/C14H16FNO2/c1-10-7-11(3-4-12(10)15)13(17)14(8-16)5-2-6-18-9-14/h3-4,7,13,17H,2,5-6,9H2,1H3. The van der Waals surface area contributed by atoms with Gasteiger partial charge in [-0.3, -0.25) is 0 Å². The Labute approximate surface area is 106 Å². The van der Waals surface area contributed by atoms with Gasteiger partial charge in [-0.2, -0.15) is 5.26 Å². The summed E-state index contributed by atoms with van der Waals surface area (Å²) >= 11 is 0.